The van der Waals surface area contributed by atoms with Crippen LogP contribution in [0.15, 0.2) is 27.6 Å². The molecule has 6 heteroatoms. The smallest absolute Gasteiger partial charge is 0.220 e. The van der Waals surface area contributed by atoms with Gasteiger partial charge in [-0.2, -0.15) is 0 Å². The second-order valence-corrected chi connectivity index (χ2v) is 8.39. The molecular weight excluding hydrogens is 396 g/mol. The molecule has 1 saturated heterocycles. The molecule has 1 amide bonds. The Kier molecular flexibility index (Phi) is 7.26. The molecule has 0 bridgehead atoms. The Morgan fingerprint density at radius 1 is 1.48 bits per heavy atom. The van der Waals surface area contributed by atoms with Crippen molar-refractivity contribution in [3.8, 4) is 0 Å². The predicted molar refractivity (Wildman–Crippen MR) is 102 cm³/mol. The van der Waals surface area contributed by atoms with E-state index in [0.717, 1.165) is 29.7 Å². The third-order valence-corrected chi connectivity index (χ3v) is 6.50. The van der Waals surface area contributed by atoms with Gasteiger partial charge in [0, 0.05) is 21.5 Å². The van der Waals surface area contributed by atoms with Gasteiger partial charge in [-0.1, -0.05) is 22.9 Å². The third-order valence-electron chi connectivity index (χ3n) is 4.64. The Balaban J connectivity index is 0.00000192. The Morgan fingerprint density at radius 3 is 3.04 bits per heavy atom. The maximum Gasteiger partial charge on any atom is 0.220 e. The highest BCUT2D eigenvalue weighted by Gasteiger charge is 2.28. The summed E-state index contributed by atoms with van der Waals surface area (Å²) in [4.78, 5) is 13.7. The van der Waals surface area contributed by atoms with Crippen molar-refractivity contribution in [3.05, 3.63) is 28.2 Å². The van der Waals surface area contributed by atoms with Crippen molar-refractivity contribution in [2.45, 2.75) is 37.1 Å². The van der Waals surface area contributed by atoms with Crippen molar-refractivity contribution < 1.29 is 4.79 Å². The van der Waals surface area contributed by atoms with Crippen LogP contribution in [0.2, 0.25) is 0 Å². The van der Waals surface area contributed by atoms with Crippen molar-refractivity contribution in [1.82, 2.24) is 10.6 Å². The molecule has 2 aliphatic heterocycles. The average Bonchev–Trinajstić information content (AvgIpc) is 3.02. The maximum absolute atomic E-state index is 12.4. The van der Waals surface area contributed by atoms with Gasteiger partial charge in [-0.05, 0) is 61.5 Å². The lowest BCUT2D eigenvalue weighted by molar-refractivity contribution is -0.122. The molecule has 0 saturated carbocycles. The van der Waals surface area contributed by atoms with E-state index in [0.29, 0.717) is 18.3 Å². The van der Waals surface area contributed by atoms with Gasteiger partial charge in [-0.3, -0.25) is 4.79 Å². The number of carbonyl (C=O) groups excluding carboxylic acids is 1. The molecule has 2 aliphatic rings. The maximum atomic E-state index is 12.4. The molecule has 1 aromatic rings. The van der Waals surface area contributed by atoms with Crippen LogP contribution in [0.25, 0.3) is 0 Å². The second kappa shape index (κ2) is 8.75. The van der Waals surface area contributed by atoms with Crippen molar-refractivity contribution in [2.75, 3.05) is 18.8 Å². The van der Waals surface area contributed by atoms with Gasteiger partial charge in [0.1, 0.15) is 0 Å². The van der Waals surface area contributed by atoms with Crippen LogP contribution in [-0.2, 0) is 4.79 Å². The SMILES string of the molecule is CC1CSc2ccc(Br)cc2C1NC(=O)CCC1CCNC1.Cl. The summed E-state index contributed by atoms with van der Waals surface area (Å²) >= 11 is 5.44. The quantitative estimate of drug-likeness (QED) is 0.770. The molecular formula is C17H24BrClN2OS. The molecule has 0 spiro atoms. The van der Waals surface area contributed by atoms with Crippen LogP contribution in [-0.4, -0.2) is 24.7 Å². The number of rotatable bonds is 4. The summed E-state index contributed by atoms with van der Waals surface area (Å²) in [5.74, 6) is 2.39. The zero-order chi connectivity index (χ0) is 15.5. The molecule has 3 atom stereocenters. The molecule has 1 fully saturated rings. The van der Waals surface area contributed by atoms with Gasteiger partial charge in [0.2, 0.25) is 5.91 Å². The van der Waals surface area contributed by atoms with E-state index >= 15 is 0 Å². The molecule has 2 N–H and O–H groups in total. The first-order chi connectivity index (χ1) is 10.6. The molecule has 3 unspecified atom stereocenters. The molecule has 23 heavy (non-hydrogen) atoms. The third kappa shape index (κ3) is 4.88. The van der Waals surface area contributed by atoms with E-state index < -0.39 is 0 Å². The van der Waals surface area contributed by atoms with E-state index in [1.807, 2.05) is 11.8 Å². The molecule has 128 valence electrons. The predicted octanol–water partition coefficient (Wildman–Crippen LogP) is 4.16. The molecule has 0 aliphatic carbocycles. The topological polar surface area (TPSA) is 41.1 Å². The number of hydrogen-bond acceptors (Lipinski definition) is 3. The fourth-order valence-electron chi connectivity index (χ4n) is 3.28. The fraction of sp³-hybridized carbons (Fsp3) is 0.588. The number of amides is 1. The zero-order valence-electron chi connectivity index (χ0n) is 13.3. The minimum absolute atomic E-state index is 0. The number of halogens is 2. The molecule has 0 radical (unpaired) electrons. The van der Waals surface area contributed by atoms with Gasteiger partial charge in [0.15, 0.2) is 0 Å². The number of fused-ring (bicyclic) bond motifs is 1. The highest BCUT2D eigenvalue weighted by molar-refractivity contribution is 9.10. The Bertz CT molecular complexity index is 551. The summed E-state index contributed by atoms with van der Waals surface area (Å²) in [5.41, 5.74) is 1.26. The number of benzene rings is 1. The normalized spacial score (nSPS) is 26.3. The first kappa shape index (κ1) is 19.1. The number of thioether (sulfide) groups is 1. The summed E-state index contributed by atoms with van der Waals surface area (Å²) in [6.07, 6.45) is 2.85. The van der Waals surface area contributed by atoms with Crippen LogP contribution in [0.3, 0.4) is 0 Å². The average molecular weight is 420 g/mol. The lowest BCUT2D eigenvalue weighted by Crippen LogP contribution is -2.35. The van der Waals surface area contributed by atoms with Crippen molar-refractivity contribution in [1.29, 1.82) is 0 Å². The number of carbonyl (C=O) groups is 1. The summed E-state index contributed by atoms with van der Waals surface area (Å²) in [6, 6.07) is 6.53. The van der Waals surface area contributed by atoms with Crippen LogP contribution >= 0.6 is 40.1 Å². The molecule has 2 heterocycles. The summed E-state index contributed by atoms with van der Waals surface area (Å²) < 4.78 is 1.08. The summed E-state index contributed by atoms with van der Waals surface area (Å²) in [5, 5.41) is 6.65. The number of hydrogen-bond donors (Lipinski definition) is 2. The first-order valence-electron chi connectivity index (χ1n) is 8.06. The van der Waals surface area contributed by atoms with Gasteiger partial charge >= 0.3 is 0 Å². The van der Waals surface area contributed by atoms with Crippen LogP contribution in [0.4, 0.5) is 0 Å². The number of nitrogens with one attached hydrogen (secondary N) is 2. The van der Waals surface area contributed by atoms with Crippen LogP contribution in [0.1, 0.15) is 37.8 Å². The lowest BCUT2D eigenvalue weighted by Gasteiger charge is -2.32. The van der Waals surface area contributed by atoms with Gasteiger partial charge in [-0.25, -0.2) is 0 Å². The highest BCUT2D eigenvalue weighted by Crippen LogP contribution is 2.40. The van der Waals surface area contributed by atoms with Crippen LogP contribution in [0, 0.1) is 11.8 Å². The van der Waals surface area contributed by atoms with E-state index in [9.17, 15) is 4.79 Å². The second-order valence-electron chi connectivity index (χ2n) is 6.41. The Hall–Kier alpha value is -0.230. The highest BCUT2D eigenvalue weighted by atomic mass is 79.9. The van der Waals surface area contributed by atoms with Gasteiger partial charge in [0.05, 0.1) is 6.04 Å². The van der Waals surface area contributed by atoms with Crippen molar-refractivity contribution in [3.63, 3.8) is 0 Å². The van der Waals surface area contributed by atoms with E-state index in [1.54, 1.807) is 0 Å². The zero-order valence-corrected chi connectivity index (χ0v) is 16.5. The first-order valence-corrected chi connectivity index (χ1v) is 9.83. The Morgan fingerprint density at radius 2 is 2.30 bits per heavy atom. The molecule has 3 nitrogen and oxygen atoms in total. The minimum atomic E-state index is 0. The van der Waals surface area contributed by atoms with Gasteiger partial charge in [-0.15, -0.1) is 24.2 Å². The van der Waals surface area contributed by atoms with E-state index in [1.165, 1.54) is 16.9 Å². The summed E-state index contributed by atoms with van der Waals surface area (Å²) in [6.45, 7) is 4.40. The summed E-state index contributed by atoms with van der Waals surface area (Å²) in [7, 11) is 0. The van der Waals surface area contributed by atoms with Crippen LogP contribution in [0.5, 0.6) is 0 Å². The van der Waals surface area contributed by atoms with E-state index in [2.05, 4.69) is 51.7 Å². The van der Waals surface area contributed by atoms with Gasteiger partial charge < -0.3 is 10.6 Å². The monoisotopic (exact) mass is 418 g/mol. The van der Waals surface area contributed by atoms with Crippen molar-refractivity contribution in [2.24, 2.45) is 11.8 Å². The largest absolute Gasteiger partial charge is 0.349 e. The van der Waals surface area contributed by atoms with Crippen molar-refractivity contribution >= 4 is 46.0 Å². The standard InChI is InChI=1S/C17H23BrN2OS.ClH/c1-11-10-22-15-4-3-13(18)8-14(15)17(11)20-16(21)5-2-12-6-7-19-9-12;/h3-4,8,11-12,17,19H,2,5-7,9-10H2,1H3,(H,20,21);1H. The van der Waals surface area contributed by atoms with E-state index in [4.69, 9.17) is 0 Å². The Labute approximate surface area is 157 Å². The van der Waals surface area contributed by atoms with Crippen LogP contribution < -0.4 is 10.6 Å². The lowest BCUT2D eigenvalue weighted by atomic mass is 9.94. The molecule has 1 aromatic carbocycles. The van der Waals surface area contributed by atoms with E-state index in [-0.39, 0.29) is 24.4 Å². The fourth-order valence-corrected chi connectivity index (χ4v) is 4.81. The molecule has 0 aromatic heterocycles. The van der Waals surface area contributed by atoms with Gasteiger partial charge in [0.25, 0.3) is 0 Å². The minimum Gasteiger partial charge on any atom is -0.349 e. The molecule has 3 rings (SSSR count).